The van der Waals surface area contributed by atoms with Gasteiger partial charge in [0.25, 0.3) is 5.91 Å². The second kappa shape index (κ2) is 7.13. The zero-order valence-corrected chi connectivity index (χ0v) is 16.0. The van der Waals surface area contributed by atoms with Gasteiger partial charge in [-0.25, -0.2) is 0 Å². The van der Waals surface area contributed by atoms with Crippen molar-refractivity contribution < 1.29 is 14.3 Å². The predicted molar refractivity (Wildman–Crippen MR) is 102 cm³/mol. The maximum atomic E-state index is 13.3. The number of rotatable bonds is 3. The highest BCUT2D eigenvalue weighted by atomic mass is 32.1. The smallest absolute Gasteiger partial charge is 0.268 e. The largest absolute Gasteiger partial charge is 0.485 e. The number of hydrogen-bond acceptors (Lipinski definition) is 6. The molecule has 142 valence electrons. The van der Waals surface area contributed by atoms with Crippen LogP contribution in [0.1, 0.15) is 28.1 Å². The molecule has 2 atom stereocenters. The molecule has 0 unspecified atom stereocenters. The molecule has 6 heterocycles. The van der Waals surface area contributed by atoms with Gasteiger partial charge in [-0.05, 0) is 30.4 Å². The van der Waals surface area contributed by atoms with Crippen LogP contribution in [0.3, 0.4) is 0 Å². The monoisotopic (exact) mass is 385 g/mol. The average molecular weight is 385 g/mol. The van der Waals surface area contributed by atoms with Gasteiger partial charge in [-0.3, -0.25) is 14.7 Å². The Bertz CT molecular complexity index is 825. The Hall–Kier alpha value is -2.12. The Balaban J connectivity index is 1.34. The molecular formula is C20H23N3O3S. The summed E-state index contributed by atoms with van der Waals surface area (Å²) in [5.74, 6) is 1.98. The molecule has 0 spiro atoms. The third kappa shape index (κ3) is 3.30. The standard InChI is InChI=1S/C20H23N3O3S/c24-20(19-18-17(13-27-19)25-6-7-26-18)23-11-15-3-4-16(23)12-22(10-15)9-14-2-1-5-21-8-14/h1-2,5,8,13,15-16H,3-4,6-7,9-12H2/t15-,16+/m0/s1. The number of amides is 1. The van der Waals surface area contributed by atoms with E-state index < -0.39 is 0 Å². The average Bonchev–Trinajstić information content (AvgIpc) is 2.94. The number of nitrogens with zero attached hydrogens (tertiary/aromatic N) is 3. The maximum Gasteiger partial charge on any atom is 0.268 e. The van der Waals surface area contributed by atoms with E-state index in [1.165, 1.54) is 23.3 Å². The molecule has 3 fully saturated rings. The summed E-state index contributed by atoms with van der Waals surface area (Å²) in [5, 5.41) is 1.90. The molecule has 1 amide bonds. The third-order valence-corrected chi connectivity index (χ3v) is 6.60. The summed E-state index contributed by atoms with van der Waals surface area (Å²) < 4.78 is 11.4. The summed E-state index contributed by atoms with van der Waals surface area (Å²) in [6.45, 7) is 4.75. The quantitative estimate of drug-likeness (QED) is 0.813. The number of thiophene rings is 1. The highest BCUT2D eigenvalue weighted by Crippen LogP contribution is 2.41. The van der Waals surface area contributed by atoms with Gasteiger partial charge in [-0.15, -0.1) is 11.3 Å². The first-order chi connectivity index (χ1) is 13.3. The Kier molecular flexibility index (Phi) is 4.49. The minimum absolute atomic E-state index is 0.102. The molecule has 2 aromatic rings. The number of carbonyl (C=O) groups is 1. The van der Waals surface area contributed by atoms with Crippen LogP contribution in [-0.4, -0.2) is 59.6 Å². The summed E-state index contributed by atoms with van der Waals surface area (Å²) in [6.07, 6.45) is 6.01. The van der Waals surface area contributed by atoms with Crippen molar-refractivity contribution in [1.82, 2.24) is 14.8 Å². The van der Waals surface area contributed by atoms with Crippen molar-refractivity contribution in [3.8, 4) is 11.5 Å². The molecule has 0 aliphatic carbocycles. The fraction of sp³-hybridized carbons (Fsp3) is 0.500. The van der Waals surface area contributed by atoms with Crippen molar-refractivity contribution in [2.75, 3.05) is 32.8 Å². The Morgan fingerprint density at radius 3 is 3.04 bits per heavy atom. The summed E-state index contributed by atoms with van der Waals surface area (Å²) in [7, 11) is 0. The van der Waals surface area contributed by atoms with Crippen molar-refractivity contribution in [3.05, 3.63) is 40.3 Å². The summed E-state index contributed by atoms with van der Waals surface area (Å²) in [5.41, 5.74) is 1.23. The number of fused-ring (bicyclic) bond motifs is 5. The van der Waals surface area contributed by atoms with Gasteiger partial charge in [0.2, 0.25) is 0 Å². The van der Waals surface area contributed by atoms with Crippen LogP contribution in [0.4, 0.5) is 0 Å². The van der Waals surface area contributed by atoms with Crippen molar-refractivity contribution >= 4 is 17.2 Å². The van der Waals surface area contributed by atoms with E-state index in [-0.39, 0.29) is 11.9 Å². The molecule has 27 heavy (non-hydrogen) atoms. The fourth-order valence-corrected chi connectivity index (χ4v) is 5.33. The molecule has 3 saturated heterocycles. The molecule has 4 aliphatic rings. The molecule has 0 N–H and O–H groups in total. The van der Waals surface area contributed by atoms with Crippen LogP contribution >= 0.6 is 11.3 Å². The number of aromatic nitrogens is 1. The van der Waals surface area contributed by atoms with E-state index in [0.717, 1.165) is 32.6 Å². The lowest BCUT2D eigenvalue weighted by Crippen LogP contribution is -2.47. The van der Waals surface area contributed by atoms with E-state index in [9.17, 15) is 4.79 Å². The number of ether oxygens (including phenoxy) is 2. The van der Waals surface area contributed by atoms with Gasteiger partial charge in [0.05, 0.1) is 0 Å². The van der Waals surface area contributed by atoms with Crippen molar-refractivity contribution in [1.29, 1.82) is 0 Å². The molecule has 6 rings (SSSR count). The summed E-state index contributed by atoms with van der Waals surface area (Å²) in [6, 6.07) is 4.37. The number of carbonyl (C=O) groups excluding carboxylic acids is 1. The number of pyridine rings is 1. The second-order valence-corrected chi connectivity index (χ2v) is 8.44. The normalized spacial score (nSPS) is 24.7. The van der Waals surface area contributed by atoms with Crippen molar-refractivity contribution in [2.45, 2.75) is 25.4 Å². The van der Waals surface area contributed by atoms with Gasteiger partial charge in [-0.1, -0.05) is 6.07 Å². The Labute approximate surface area is 162 Å². The van der Waals surface area contributed by atoms with Crippen LogP contribution in [-0.2, 0) is 6.54 Å². The molecule has 6 nitrogen and oxygen atoms in total. The second-order valence-electron chi connectivity index (χ2n) is 7.57. The number of hydrogen-bond donors (Lipinski definition) is 0. The summed E-state index contributed by atoms with van der Waals surface area (Å²) >= 11 is 1.44. The van der Waals surface area contributed by atoms with E-state index in [2.05, 4.69) is 20.9 Å². The van der Waals surface area contributed by atoms with Gasteiger partial charge in [0.1, 0.15) is 18.1 Å². The van der Waals surface area contributed by atoms with Crippen molar-refractivity contribution in [2.24, 2.45) is 5.92 Å². The van der Waals surface area contributed by atoms with Gasteiger partial charge < -0.3 is 14.4 Å². The first-order valence-corrected chi connectivity index (χ1v) is 10.4. The first-order valence-electron chi connectivity index (χ1n) is 9.57. The highest BCUT2D eigenvalue weighted by Gasteiger charge is 2.39. The molecule has 0 aromatic carbocycles. The minimum atomic E-state index is 0.102. The lowest BCUT2D eigenvalue weighted by atomic mass is 9.95. The van der Waals surface area contributed by atoms with Crippen LogP contribution < -0.4 is 9.47 Å². The zero-order chi connectivity index (χ0) is 18.2. The molecule has 2 aromatic heterocycles. The Morgan fingerprint density at radius 1 is 1.22 bits per heavy atom. The van der Waals surface area contributed by atoms with Gasteiger partial charge in [0.15, 0.2) is 11.5 Å². The van der Waals surface area contributed by atoms with Gasteiger partial charge in [-0.2, -0.15) is 0 Å². The van der Waals surface area contributed by atoms with E-state index in [4.69, 9.17) is 9.47 Å². The number of piperidine rings is 1. The van der Waals surface area contributed by atoms with E-state index in [0.29, 0.717) is 35.5 Å². The predicted octanol–water partition coefficient (Wildman–Crippen LogP) is 2.65. The minimum Gasteiger partial charge on any atom is -0.485 e. The summed E-state index contributed by atoms with van der Waals surface area (Å²) in [4.78, 5) is 22.8. The fourth-order valence-electron chi connectivity index (χ4n) is 4.45. The van der Waals surface area contributed by atoms with Crippen LogP contribution in [0.5, 0.6) is 11.5 Å². The van der Waals surface area contributed by atoms with E-state index >= 15 is 0 Å². The van der Waals surface area contributed by atoms with Crippen LogP contribution in [0.25, 0.3) is 0 Å². The van der Waals surface area contributed by atoms with E-state index in [1.807, 2.05) is 23.8 Å². The molecule has 4 aliphatic heterocycles. The lowest BCUT2D eigenvalue weighted by molar-refractivity contribution is 0.0582. The van der Waals surface area contributed by atoms with E-state index in [1.54, 1.807) is 0 Å². The molecule has 0 radical (unpaired) electrons. The first kappa shape index (κ1) is 17.0. The SMILES string of the molecule is O=C(c1scc2c1OCCO2)N1C[C@H]2CC[C@@H]1CN(Cc1cccnc1)C2. The van der Waals surface area contributed by atoms with Crippen LogP contribution in [0.15, 0.2) is 29.9 Å². The van der Waals surface area contributed by atoms with Crippen LogP contribution in [0, 0.1) is 5.92 Å². The van der Waals surface area contributed by atoms with Crippen LogP contribution in [0.2, 0.25) is 0 Å². The van der Waals surface area contributed by atoms with Gasteiger partial charge in [0, 0.05) is 50.0 Å². The molecule has 2 bridgehead atoms. The lowest BCUT2D eigenvalue weighted by Gasteiger charge is -2.36. The maximum absolute atomic E-state index is 13.3. The molecule has 0 saturated carbocycles. The van der Waals surface area contributed by atoms with Crippen molar-refractivity contribution in [3.63, 3.8) is 0 Å². The zero-order valence-electron chi connectivity index (χ0n) is 15.2. The Morgan fingerprint density at radius 2 is 2.15 bits per heavy atom. The highest BCUT2D eigenvalue weighted by molar-refractivity contribution is 7.12. The third-order valence-electron chi connectivity index (χ3n) is 5.67. The molecular weight excluding hydrogens is 362 g/mol. The van der Waals surface area contributed by atoms with Gasteiger partial charge >= 0.3 is 0 Å². The molecule has 7 heteroatoms. The topological polar surface area (TPSA) is 54.9 Å².